The molecule has 1 aromatic rings. The Labute approximate surface area is 121 Å². The summed E-state index contributed by atoms with van der Waals surface area (Å²) in [5, 5.41) is 10.2. The van der Waals surface area contributed by atoms with Crippen molar-refractivity contribution < 1.29 is 24.2 Å². The van der Waals surface area contributed by atoms with E-state index in [0.29, 0.717) is 29.7 Å². The van der Waals surface area contributed by atoms with Crippen molar-refractivity contribution in [1.82, 2.24) is 0 Å². The fraction of sp³-hybridized carbons (Fsp3) is 0.250. The fourth-order valence-corrected chi connectivity index (χ4v) is 2.84. The molecule has 5 nitrogen and oxygen atoms in total. The number of ketones is 2. The van der Waals surface area contributed by atoms with E-state index in [0.717, 1.165) is 5.56 Å². The molecule has 0 radical (unpaired) electrons. The summed E-state index contributed by atoms with van der Waals surface area (Å²) >= 11 is 0. The minimum absolute atomic E-state index is 0.00168. The first kappa shape index (κ1) is 13.4. The molecule has 2 aliphatic rings. The van der Waals surface area contributed by atoms with Gasteiger partial charge in [-0.2, -0.15) is 0 Å². The van der Waals surface area contributed by atoms with Crippen molar-refractivity contribution in [3.05, 3.63) is 40.7 Å². The zero-order valence-electron chi connectivity index (χ0n) is 11.7. The van der Waals surface area contributed by atoms with E-state index >= 15 is 0 Å². The van der Waals surface area contributed by atoms with Gasteiger partial charge < -0.3 is 14.6 Å². The highest BCUT2D eigenvalue weighted by Crippen LogP contribution is 2.42. The molecule has 0 aliphatic heterocycles. The van der Waals surface area contributed by atoms with Gasteiger partial charge in [0.25, 0.3) is 0 Å². The monoisotopic (exact) mass is 286 g/mol. The van der Waals surface area contributed by atoms with E-state index in [9.17, 15) is 14.7 Å². The van der Waals surface area contributed by atoms with Gasteiger partial charge in [-0.1, -0.05) is 0 Å². The van der Waals surface area contributed by atoms with Gasteiger partial charge in [-0.3, -0.25) is 9.59 Å². The van der Waals surface area contributed by atoms with Crippen molar-refractivity contribution in [2.45, 2.75) is 12.8 Å². The number of carbonyl (C=O) groups is 2. The van der Waals surface area contributed by atoms with Crippen LogP contribution in [0.3, 0.4) is 0 Å². The molecule has 3 rings (SSSR count). The Morgan fingerprint density at radius 1 is 1.10 bits per heavy atom. The van der Waals surface area contributed by atoms with E-state index in [-0.39, 0.29) is 28.6 Å². The molecule has 0 amide bonds. The molecule has 0 spiro atoms. The topological polar surface area (TPSA) is 72.8 Å². The van der Waals surface area contributed by atoms with Crippen LogP contribution in [0.2, 0.25) is 0 Å². The fourth-order valence-electron chi connectivity index (χ4n) is 2.84. The average Bonchev–Trinajstić information content (AvgIpc) is 2.49. The van der Waals surface area contributed by atoms with Gasteiger partial charge in [0, 0.05) is 28.9 Å². The SMILES string of the molecule is COC1=CC(=O)C2=C(C1=O)c1c(O)cc(OC)cc1CC2. The molecule has 0 atom stereocenters. The molecule has 0 saturated heterocycles. The van der Waals surface area contributed by atoms with Gasteiger partial charge in [-0.05, 0) is 24.5 Å². The van der Waals surface area contributed by atoms with Crippen molar-refractivity contribution >= 4 is 17.1 Å². The number of carbonyl (C=O) groups excluding carboxylic acids is 2. The van der Waals surface area contributed by atoms with Crippen LogP contribution in [0.4, 0.5) is 0 Å². The molecule has 0 fully saturated rings. The summed E-state index contributed by atoms with van der Waals surface area (Å²) in [6, 6.07) is 3.22. The molecule has 2 aliphatic carbocycles. The molecular formula is C16H14O5. The van der Waals surface area contributed by atoms with Crippen LogP contribution in [0.5, 0.6) is 11.5 Å². The van der Waals surface area contributed by atoms with Crippen LogP contribution in [-0.4, -0.2) is 30.9 Å². The van der Waals surface area contributed by atoms with Gasteiger partial charge in [0.05, 0.1) is 14.2 Å². The lowest BCUT2D eigenvalue weighted by atomic mass is 9.78. The molecule has 21 heavy (non-hydrogen) atoms. The molecule has 1 aromatic carbocycles. The third-order valence-electron chi connectivity index (χ3n) is 3.83. The predicted octanol–water partition coefficient (Wildman–Crippen LogP) is 1.78. The second-order valence-corrected chi connectivity index (χ2v) is 4.94. The molecular weight excluding hydrogens is 272 g/mol. The molecule has 0 aromatic heterocycles. The van der Waals surface area contributed by atoms with E-state index < -0.39 is 0 Å². The lowest BCUT2D eigenvalue weighted by Gasteiger charge is -2.25. The maximum atomic E-state index is 12.5. The first-order valence-corrected chi connectivity index (χ1v) is 6.55. The number of fused-ring (bicyclic) bond motifs is 2. The Morgan fingerprint density at radius 3 is 2.52 bits per heavy atom. The Morgan fingerprint density at radius 2 is 1.86 bits per heavy atom. The van der Waals surface area contributed by atoms with E-state index in [4.69, 9.17) is 9.47 Å². The van der Waals surface area contributed by atoms with Gasteiger partial charge in [0.15, 0.2) is 11.5 Å². The quantitative estimate of drug-likeness (QED) is 0.839. The minimum Gasteiger partial charge on any atom is -0.507 e. The normalized spacial score (nSPS) is 17.1. The summed E-state index contributed by atoms with van der Waals surface area (Å²) in [6.45, 7) is 0. The highest BCUT2D eigenvalue weighted by Gasteiger charge is 2.35. The van der Waals surface area contributed by atoms with Crippen LogP contribution in [-0.2, 0) is 20.7 Å². The number of hydrogen-bond acceptors (Lipinski definition) is 5. The Hall–Kier alpha value is -2.56. The number of phenolic OH excluding ortho intramolecular Hbond substituents is 1. The highest BCUT2D eigenvalue weighted by atomic mass is 16.5. The Balaban J connectivity index is 2.23. The van der Waals surface area contributed by atoms with Gasteiger partial charge in [0.1, 0.15) is 11.5 Å². The third-order valence-corrected chi connectivity index (χ3v) is 3.83. The van der Waals surface area contributed by atoms with Crippen LogP contribution in [0.25, 0.3) is 5.57 Å². The highest BCUT2D eigenvalue weighted by molar-refractivity contribution is 6.38. The van der Waals surface area contributed by atoms with Crippen molar-refractivity contribution in [1.29, 1.82) is 0 Å². The number of aromatic hydroxyl groups is 1. The lowest BCUT2D eigenvalue weighted by molar-refractivity contribution is -0.116. The van der Waals surface area contributed by atoms with Crippen molar-refractivity contribution in [2.75, 3.05) is 14.2 Å². The summed E-state index contributed by atoms with van der Waals surface area (Å²) in [4.78, 5) is 24.6. The Kier molecular flexibility index (Phi) is 3.05. The second kappa shape index (κ2) is 4.77. The Bertz CT molecular complexity index is 724. The van der Waals surface area contributed by atoms with Crippen LogP contribution in [0.1, 0.15) is 17.5 Å². The summed E-state index contributed by atoms with van der Waals surface area (Å²) < 4.78 is 10.1. The van der Waals surface area contributed by atoms with Gasteiger partial charge in [-0.15, -0.1) is 0 Å². The van der Waals surface area contributed by atoms with E-state index in [2.05, 4.69) is 0 Å². The summed E-state index contributed by atoms with van der Waals surface area (Å²) in [5.74, 6) is -0.139. The van der Waals surface area contributed by atoms with Gasteiger partial charge >= 0.3 is 0 Å². The number of methoxy groups -OCH3 is 2. The van der Waals surface area contributed by atoms with Crippen LogP contribution >= 0.6 is 0 Å². The number of phenols is 1. The zero-order valence-corrected chi connectivity index (χ0v) is 11.7. The number of Topliss-reactive ketones (excluding diaryl/α,β-unsaturated/α-hetero) is 1. The molecule has 1 N–H and O–H groups in total. The first-order valence-electron chi connectivity index (χ1n) is 6.55. The molecule has 0 heterocycles. The van der Waals surface area contributed by atoms with Crippen molar-refractivity contribution in [3.8, 4) is 11.5 Å². The number of aryl methyl sites for hydroxylation is 1. The largest absolute Gasteiger partial charge is 0.507 e. The third kappa shape index (κ3) is 1.93. The summed E-state index contributed by atoms with van der Waals surface area (Å²) in [5.41, 5.74) is 1.90. The van der Waals surface area contributed by atoms with Crippen LogP contribution in [0, 0.1) is 0 Å². The number of rotatable bonds is 2. The smallest absolute Gasteiger partial charge is 0.228 e. The second-order valence-electron chi connectivity index (χ2n) is 4.94. The van der Waals surface area contributed by atoms with Gasteiger partial charge in [-0.25, -0.2) is 0 Å². The predicted molar refractivity (Wildman–Crippen MR) is 75.0 cm³/mol. The minimum atomic E-state index is -0.367. The number of hydrogen-bond donors (Lipinski definition) is 1. The van der Waals surface area contributed by atoms with E-state index in [1.54, 1.807) is 6.07 Å². The maximum Gasteiger partial charge on any atom is 0.228 e. The maximum absolute atomic E-state index is 12.5. The standard InChI is InChI=1S/C16H14O5/c1-20-9-5-8-3-4-10-11(17)7-13(21-2)16(19)15(10)14(8)12(18)6-9/h5-7,18H,3-4H2,1-2H3. The summed E-state index contributed by atoms with van der Waals surface area (Å²) in [6.07, 6.45) is 2.26. The van der Waals surface area contributed by atoms with Crippen molar-refractivity contribution in [3.63, 3.8) is 0 Å². The molecule has 0 saturated carbocycles. The number of benzene rings is 1. The first-order chi connectivity index (χ1) is 10.1. The van der Waals surface area contributed by atoms with E-state index in [1.165, 1.54) is 26.4 Å². The van der Waals surface area contributed by atoms with Crippen molar-refractivity contribution in [2.24, 2.45) is 0 Å². The molecule has 108 valence electrons. The van der Waals surface area contributed by atoms with Gasteiger partial charge in [0.2, 0.25) is 5.78 Å². The molecule has 0 unspecified atom stereocenters. The molecule has 0 bridgehead atoms. The van der Waals surface area contributed by atoms with Crippen LogP contribution < -0.4 is 4.74 Å². The number of allylic oxidation sites excluding steroid dienone is 3. The molecule has 5 heteroatoms. The van der Waals surface area contributed by atoms with E-state index in [1.807, 2.05) is 0 Å². The number of ether oxygens (including phenoxy) is 2. The van der Waals surface area contributed by atoms with Crippen LogP contribution in [0.15, 0.2) is 29.5 Å². The average molecular weight is 286 g/mol. The lowest BCUT2D eigenvalue weighted by Crippen LogP contribution is -2.23. The summed E-state index contributed by atoms with van der Waals surface area (Å²) in [7, 11) is 2.86. The zero-order chi connectivity index (χ0) is 15.1.